The number of carbonyl (C=O) groups excluding carboxylic acids is 2. The number of rotatable bonds is 3. The summed E-state index contributed by atoms with van der Waals surface area (Å²) in [6.45, 7) is 3.57. The molecule has 0 unspecified atom stereocenters. The number of benzene rings is 2. The fourth-order valence-electron chi connectivity index (χ4n) is 2.77. The number of hydrogen-bond donors (Lipinski definition) is 3. The number of hydrogen-bond acceptors (Lipinski definition) is 2. The number of carbonyl (C=O) groups is 2. The number of halogens is 1. The van der Waals surface area contributed by atoms with Crippen LogP contribution >= 0.6 is 0 Å². The van der Waals surface area contributed by atoms with Crippen LogP contribution < -0.4 is 16.0 Å². The number of urea groups is 1. The molecule has 1 heterocycles. The van der Waals surface area contributed by atoms with Crippen molar-refractivity contribution in [1.29, 1.82) is 0 Å². The summed E-state index contributed by atoms with van der Waals surface area (Å²) in [6, 6.07) is 12.1. The Hall–Kier alpha value is -3.15. The minimum absolute atomic E-state index is 0.241. The van der Waals surface area contributed by atoms with Gasteiger partial charge in [-0.15, -0.1) is 0 Å². The lowest BCUT2D eigenvalue weighted by atomic mass is 9.94. The summed E-state index contributed by atoms with van der Waals surface area (Å²) < 4.78 is 14.2. The normalized spacial score (nSPS) is 16.9. The predicted octanol–water partition coefficient (Wildman–Crippen LogP) is 3.40. The SMILES string of the molecule is CC1=C(C(=O)Nc2ccc(C)cc2)[C@H](c2ccccc2F)NC(=O)N1. The Morgan fingerprint density at radius 1 is 1.08 bits per heavy atom. The van der Waals surface area contributed by atoms with Gasteiger partial charge in [0.05, 0.1) is 11.6 Å². The van der Waals surface area contributed by atoms with E-state index in [1.807, 2.05) is 19.1 Å². The zero-order valence-corrected chi connectivity index (χ0v) is 13.9. The largest absolute Gasteiger partial charge is 0.327 e. The van der Waals surface area contributed by atoms with E-state index in [1.54, 1.807) is 37.3 Å². The molecule has 0 saturated carbocycles. The van der Waals surface area contributed by atoms with Crippen molar-refractivity contribution in [1.82, 2.24) is 10.6 Å². The molecule has 3 rings (SSSR count). The molecular weight excluding hydrogens is 321 g/mol. The van der Waals surface area contributed by atoms with E-state index in [-0.39, 0.29) is 11.1 Å². The molecule has 0 saturated heterocycles. The third kappa shape index (κ3) is 3.52. The van der Waals surface area contributed by atoms with E-state index >= 15 is 0 Å². The Balaban J connectivity index is 1.96. The first-order chi connectivity index (χ1) is 12.0. The molecule has 0 radical (unpaired) electrons. The van der Waals surface area contributed by atoms with Crippen molar-refractivity contribution in [2.24, 2.45) is 0 Å². The maximum Gasteiger partial charge on any atom is 0.319 e. The lowest BCUT2D eigenvalue weighted by molar-refractivity contribution is -0.113. The molecule has 0 aliphatic carbocycles. The Bertz CT molecular complexity index is 859. The van der Waals surface area contributed by atoms with Crippen molar-refractivity contribution in [3.05, 3.63) is 76.7 Å². The Kier molecular flexibility index (Phi) is 4.52. The smallest absolute Gasteiger partial charge is 0.319 e. The quantitative estimate of drug-likeness (QED) is 0.802. The Morgan fingerprint density at radius 2 is 1.76 bits per heavy atom. The Morgan fingerprint density at radius 3 is 2.44 bits per heavy atom. The predicted molar refractivity (Wildman–Crippen MR) is 93.3 cm³/mol. The first kappa shape index (κ1) is 16.7. The van der Waals surface area contributed by atoms with Crippen LogP contribution in [0.3, 0.4) is 0 Å². The van der Waals surface area contributed by atoms with Gasteiger partial charge in [0, 0.05) is 16.9 Å². The number of aryl methyl sites for hydroxylation is 1. The van der Waals surface area contributed by atoms with Crippen molar-refractivity contribution in [2.75, 3.05) is 5.32 Å². The summed E-state index contributed by atoms with van der Waals surface area (Å²) in [6.07, 6.45) is 0. The maximum absolute atomic E-state index is 14.2. The fourth-order valence-corrected chi connectivity index (χ4v) is 2.77. The van der Waals surface area contributed by atoms with Crippen LogP contribution in [-0.2, 0) is 4.79 Å². The highest BCUT2D eigenvalue weighted by Crippen LogP contribution is 2.29. The number of amides is 3. The van der Waals surface area contributed by atoms with Crippen LogP contribution in [0.2, 0.25) is 0 Å². The Labute approximate surface area is 144 Å². The molecule has 0 aromatic heterocycles. The zero-order valence-electron chi connectivity index (χ0n) is 13.9. The second kappa shape index (κ2) is 6.76. The maximum atomic E-state index is 14.2. The molecule has 3 N–H and O–H groups in total. The van der Waals surface area contributed by atoms with Crippen molar-refractivity contribution >= 4 is 17.6 Å². The van der Waals surface area contributed by atoms with Gasteiger partial charge < -0.3 is 16.0 Å². The van der Waals surface area contributed by atoms with Crippen LogP contribution in [0.25, 0.3) is 0 Å². The van der Waals surface area contributed by atoms with Gasteiger partial charge in [0.15, 0.2) is 0 Å². The van der Waals surface area contributed by atoms with Gasteiger partial charge in [-0.25, -0.2) is 9.18 Å². The molecule has 2 aromatic carbocycles. The summed E-state index contributed by atoms with van der Waals surface area (Å²) in [4.78, 5) is 24.6. The third-order valence-electron chi connectivity index (χ3n) is 4.04. The van der Waals surface area contributed by atoms with E-state index < -0.39 is 23.8 Å². The fraction of sp³-hybridized carbons (Fsp3) is 0.158. The molecule has 0 bridgehead atoms. The van der Waals surface area contributed by atoms with Gasteiger partial charge >= 0.3 is 6.03 Å². The molecule has 25 heavy (non-hydrogen) atoms. The lowest BCUT2D eigenvalue weighted by Crippen LogP contribution is -2.46. The van der Waals surface area contributed by atoms with Crippen LogP contribution in [0.4, 0.5) is 14.9 Å². The number of nitrogens with one attached hydrogen (secondary N) is 3. The van der Waals surface area contributed by atoms with Crippen LogP contribution in [0.5, 0.6) is 0 Å². The summed E-state index contributed by atoms with van der Waals surface area (Å²) in [5.74, 6) is -0.884. The monoisotopic (exact) mass is 339 g/mol. The first-order valence-corrected chi connectivity index (χ1v) is 7.86. The summed E-state index contributed by atoms with van der Waals surface area (Å²) in [5.41, 5.74) is 2.60. The minimum atomic E-state index is -0.861. The molecule has 3 amide bonds. The third-order valence-corrected chi connectivity index (χ3v) is 4.04. The van der Waals surface area contributed by atoms with Crippen LogP contribution in [0, 0.1) is 12.7 Å². The summed E-state index contributed by atoms with van der Waals surface area (Å²) in [5, 5.41) is 7.98. The zero-order chi connectivity index (χ0) is 18.0. The van der Waals surface area contributed by atoms with Gasteiger partial charge in [0.2, 0.25) is 0 Å². The van der Waals surface area contributed by atoms with Crippen LogP contribution in [-0.4, -0.2) is 11.9 Å². The van der Waals surface area contributed by atoms with E-state index in [2.05, 4.69) is 16.0 Å². The number of allylic oxidation sites excluding steroid dienone is 1. The molecule has 6 heteroatoms. The van der Waals surface area contributed by atoms with Gasteiger partial charge in [-0.3, -0.25) is 4.79 Å². The van der Waals surface area contributed by atoms with Gasteiger partial charge in [-0.2, -0.15) is 0 Å². The molecule has 5 nitrogen and oxygen atoms in total. The lowest BCUT2D eigenvalue weighted by Gasteiger charge is -2.28. The van der Waals surface area contributed by atoms with Crippen LogP contribution in [0.1, 0.15) is 24.1 Å². The van der Waals surface area contributed by atoms with Gasteiger partial charge in [-0.05, 0) is 32.0 Å². The van der Waals surface area contributed by atoms with Gasteiger partial charge in [0.25, 0.3) is 5.91 Å². The van der Waals surface area contributed by atoms with Gasteiger partial charge in [-0.1, -0.05) is 35.9 Å². The van der Waals surface area contributed by atoms with Crippen molar-refractivity contribution in [3.8, 4) is 0 Å². The van der Waals surface area contributed by atoms with E-state index in [0.29, 0.717) is 11.4 Å². The molecular formula is C19H18FN3O2. The molecule has 1 aliphatic heterocycles. The van der Waals surface area contributed by atoms with E-state index in [4.69, 9.17) is 0 Å². The summed E-state index contributed by atoms with van der Waals surface area (Å²) >= 11 is 0. The van der Waals surface area contributed by atoms with Crippen molar-refractivity contribution in [2.45, 2.75) is 19.9 Å². The minimum Gasteiger partial charge on any atom is -0.327 e. The van der Waals surface area contributed by atoms with Gasteiger partial charge in [0.1, 0.15) is 5.82 Å². The molecule has 0 fully saturated rings. The molecule has 1 atom stereocenters. The molecule has 2 aromatic rings. The summed E-state index contributed by atoms with van der Waals surface area (Å²) in [7, 11) is 0. The molecule has 0 spiro atoms. The van der Waals surface area contributed by atoms with Crippen molar-refractivity contribution in [3.63, 3.8) is 0 Å². The van der Waals surface area contributed by atoms with Crippen LogP contribution in [0.15, 0.2) is 59.8 Å². The van der Waals surface area contributed by atoms with E-state index in [1.165, 1.54) is 6.07 Å². The molecule has 128 valence electrons. The average Bonchev–Trinajstić information content (AvgIpc) is 2.56. The molecule has 1 aliphatic rings. The average molecular weight is 339 g/mol. The first-order valence-electron chi connectivity index (χ1n) is 7.86. The van der Waals surface area contributed by atoms with E-state index in [9.17, 15) is 14.0 Å². The van der Waals surface area contributed by atoms with E-state index in [0.717, 1.165) is 5.56 Å². The highest BCUT2D eigenvalue weighted by atomic mass is 19.1. The second-order valence-corrected chi connectivity index (χ2v) is 5.91. The second-order valence-electron chi connectivity index (χ2n) is 5.91. The van der Waals surface area contributed by atoms with Crippen molar-refractivity contribution < 1.29 is 14.0 Å². The standard InChI is InChI=1S/C19H18FN3O2/c1-11-7-9-13(10-8-11)22-18(24)16-12(2)21-19(25)23-17(16)14-5-3-4-6-15(14)20/h3-10,17H,1-2H3,(H,22,24)(H2,21,23,25)/t17-/m0/s1. The topological polar surface area (TPSA) is 70.2 Å². The number of anilines is 1. The highest BCUT2D eigenvalue weighted by molar-refractivity contribution is 6.06. The highest BCUT2D eigenvalue weighted by Gasteiger charge is 2.32.